The minimum atomic E-state index is 0.263. The van der Waals surface area contributed by atoms with Crippen molar-refractivity contribution in [3.8, 4) is 5.88 Å². The summed E-state index contributed by atoms with van der Waals surface area (Å²) in [5.74, 6) is 1.28. The van der Waals surface area contributed by atoms with E-state index in [-0.39, 0.29) is 6.10 Å². The van der Waals surface area contributed by atoms with Crippen LogP contribution in [0.25, 0.3) is 11.2 Å². The smallest absolute Gasteiger partial charge is 0.245 e. The SMILES string of the molecule is Cn1cnc2c(OC3CN4CCC3C4)ncnc21. The Hall–Kier alpha value is -1.69. The van der Waals surface area contributed by atoms with Crippen LogP contribution in [0, 0.1) is 5.92 Å². The highest BCUT2D eigenvalue weighted by molar-refractivity contribution is 5.75. The molecule has 3 atom stereocenters. The lowest BCUT2D eigenvalue weighted by Gasteiger charge is -2.22. The summed E-state index contributed by atoms with van der Waals surface area (Å²) in [4.78, 5) is 15.2. The fourth-order valence-electron chi connectivity index (χ4n) is 3.02. The molecule has 4 heterocycles. The number of hydrogen-bond donors (Lipinski definition) is 0. The first-order valence-electron chi connectivity index (χ1n) is 6.32. The van der Waals surface area contributed by atoms with Gasteiger partial charge in [-0.2, -0.15) is 4.98 Å². The summed E-state index contributed by atoms with van der Waals surface area (Å²) in [6, 6.07) is 0. The third kappa shape index (κ3) is 1.42. The van der Waals surface area contributed by atoms with Gasteiger partial charge in [-0.25, -0.2) is 9.97 Å². The molecule has 94 valence electrons. The Morgan fingerprint density at radius 3 is 3.00 bits per heavy atom. The second-order valence-corrected chi connectivity index (χ2v) is 5.17. The zero-order valence-electron chi connectivity index (χ0n) is 10.3. The topological polar surface area (TPSA) is 56.1 Å². The Kier molecular flexibility index (Phi) is 2.08. The minimum absolute atomic E-state index is 0.263. The minimum Gasteiger partial charge on any atom is -0.471 e. The van der Waals surface area contributed by atoms with E-state index in [2.05, 4.69) is 19.9 Å². The molecule has 2 aromatic rings. The van der Waals surface area contributed by atoms with Gasteiger partial charge in [0, 0.05) is 26.1 Å². The highest BCUT2D eigenvalue weighted by Crippen LogP contribution is 2.31. The lowest BCUT2D eigenvalue weighted by molar-refractivity contribution is 0.137. The monoisotopic (exact) mass is 245 g/mol. The Morgan fingerprint density at radius 2 is 2.22 bits per heavy atom. The molecule has 2 aromatic heterocycles. The highest BCUT2D eigenvalue weighted by atomic mass is 16.5. The summed E-state index contributed by atoms with van der Waals surface area (Å²) in [5, 5.41) is 0. The van der Waals surface area contributed by atoms with E-state index in [9.17, 15) is 0 Å². The van der Waals surface area contributed by atoms with E-state index in [1.54, 1.807) is 12.7 Å². The molecule has 0 aromatic carbocycles. The van der Waals surface area contributed by atoms with E-state index >= 15 is 0 Å². The van der Waals surface area contributed by atoms with Gasteiger partial charge in [0.05, 0.1) is 6.33 Å². The average Bonchev–Trinajstić information content (AvgIpc) is 3.06. The number of aromatic nitrogens is 4. The van der Waals surface area contributed by atoms with Gasteiger partial charge in [-0.3, -0.25) is 4.90 Å². The summed E-state index contributed by atoms with van der Waals surface area (Å²) < 4.78 is 7.95. The maximum atomic E-state index is 6.07. The molecule has 2 bridgehead atoms. The van der Waals surface area contributed by atoms with Crippen LogP contribution in [0.5, 0.6) is 5.88 Å². The molecule has 6 nitrogen and oxygen atoms in total. The predicted octanol–water partition coefficient (Wildman–Crippen LogP) is 0.446. The summed E-state index contributed by atoms with van der Waals surface area (Å²) in [6.45, 7) is 3.40. The Morgan fingerprint density at radius 1 is 1.28 bits per heavy atom. The van der Waals surface area contributed by atoms with Gasteiger partial charge >= 0.3 is 0 Å². The van der Waals surface area contributed by atoms with Gasteiger partial charge in [0.1, 0.15) is 12.4 Å². The maximum absolute atomic E-state index is 6.07. The first-order valence-corrected chi connectivity index (χ1v) is 6.32. The van der Waals surface area contributed by atoms with Crippen LogP contribution in [0.2, 0.25) is 0 Å². The summed E-state index contributed by atoms with van der Waals surface area (Å²) >= 11 is 0. The van der Waals surface area contributed by atoms with Gasteiger partial charge in [-0.15, -0.1) is 0 Å². The van der Waals surface area contributed by atoms with Gasteiger partial charge in [-0.05, 0) is 13.0 Å². The molecule has 4 rings (SSSR count). The maximum Gasteiger partial charge on any atom is 0.245 e. The average molecular weight is 245 g/mol. The molecule has 0 saturated carbocycles. The Balaban J connectivity index is 1.67. The predicted molar refractivity (Wildman–Crippen MR) is 65.3 cm³/mol. The third-order valence-electron chi connectivity index (χ3n) is 4.00. The molecular weight excluding hydrogens is 230 g/mol. The quantitative estimate of drug-likeness (QED) is 0.768. The van der Waals surface area contributed by atoms with Crippen LogP contribution >= 0.6 is 0 Å². The van der Waals surface area contributed by atoms with E-state index in [1.807, 2.05) is 11.6 Å². The lowest BCUT2D eigenvalue weighted by Crippen LogP contribution is -2.32. The molecule has 0 radical (unpaired) electrons. The van der Waals surface area contributed by atoms with Crippen molar-refractivity contribution in [2.45, 2.75) is 12.5 Å². The standard InChI is InChI=1S/C12H15N5O/c1-16-7-15-10-11(16)13-6-14-12(10)18-9-5-17-3-2-8(9)4-17/h6-9H,2-5H2,1H3. The van der Waals surface area contributed by atoms with Crippen LogP contribution in [0.4, 0.5) is 0 Å². The molecule has 18 heavy (non-hydrogen) atoms. The van der Waals surface area contributed by atoms with Crippen molar-refractivity contribution < 1.29 is 4.74 Å². The molecule has 0 spiro atoms. The van der Waals surface area contributed by atoms with Crippen molar-refractivity contribution in [2.75, 3.05) is 19.6 Å². The van der Waals surface area contributed by atoms with Gasteiger partial charge < -0.3 is 9.30 Å². The van der Waals surface area contributed by atoms with E-state index in [4.69, 9.17) is 4.74 Å². The van der Waals surface area contributed by atoms with Crippen molar-refractivity contribution in [1.82, 2.24) is 24.4 Å². The molecule has 2 saturated heterocycles. The summed E-state index contributed by atoms with van der Waals surface area (Å²) in [7, 11) is 1.93. The third-order valence-corrected chi connectivity index (χ3v) is 4.00. The molecule has 6 heteroatoms. The fraction of sp³-hybridized carbons (Fsp3) is 0.583. The van der Waals surface area contributed by atoms with Gasteiger partial charge in [0.25, 0.3) is 0 Å². The number of rotatable bonds is 2. The van der Waals surface area contributed by atoms with Crippen LogP contribution < -0.4 is 4.74 Å². The molecule has 0 amide bonds. The van der Waals surface area contributed by atoms with Crippen LogP contribution in [-0.4, -0.2) is 50.2 Å². The number of piperidine rings is 1. The van der Waals surface area contributed by atoms with Crippen LogP contribution in [0.3, 0.4) is 0 Å². The van der Waals surface area contributed by atoms with Crippen LogP contribution in [-0.2, 0) is 7.05 Å². The Bertz CT molecular complexity index is 595. The van der Waals surface area contributed by atoms with Gasteiger partial charge in [0.2, 0.25) is 5.88 Å². The number of aryl methyl sites for hydroxylation is 1. The normalized spacial score (nSPS) is 30.2. The molecular formula is C12H15N5O. The lowest BCUT2D eigenvalue weighted by atomic mass is 10.0. The van der Waals surface area contributed by atoms with Gasteiger partial charge in [0.15, 0.2) is 11.2 Å². The molecule has 3 unspecified atom stereocenters. The molecule has 0 aliphatic carbocycles. The van der Waals surface area contributed by atoms with Crippen molar-refractivity contribution in [3.05, 3.63) is 12.7 Å². The van der Waals surface area contributed by atoms with E-state index in [1.165, 1.54) is 19.5 Å². The Labute approximate surface area is 105 Å². The molecule has 0 N–H and O–H groups in total. The van der Waals surface area contributed by atoms with E-state index < -0.39 is 0 Å². The van der Waals surface area contributed by atoms with Crippen molar-refractivity contribution in [2.24, 2.45) is 13.0 Å². The van der Waals surface area contributed by atoms with Crippen molar-refractivity contribution in [1.29, 1.82) is 0 Å². The van der Waals surface area contributed by atoms with E-state index in [0.29, 0.717) is 11.8 Å². The fourth-order valence-corrected chi connectivity index (χ4v) is 3.02. The number of hydrogen-bond acceptors (Lipinski definition) is 5. The molecule has 2 aliphatic heterocycles. The number of fused-ring (bicyclic) bond motifs is 3. The number of ether oxygens (including phenoxy) is 1. The number of imidazole rings is 1. The zero-order chi connectivity index (χ0) is 12.1. The largest absolute Gasteiger partial charge is 0.471 e. The molecule has 2 aliphatic rings. The highest BCUT2D eigenvalue weighted by Gasteiger charge is 2.39. The van der Waals surface area contributed by atoms with Crippen LogP contribution in [0.1, 0.15) is 6.42 Å². The second-order valence-electron chi connectivity index (χ2n) is 5.17. The van der Waals surface area contributed by atoms with Gasteiger partial charge in [-0.1, -0.05) is 0 Å². The zero-order valence-corrected chi connectivity index (χ0v) is 10.3. The van der Waals surface area contributed by atoms with Crippen molar-refractivity contribution >= 4 is 11.2 Å². The van der Waals surface area contributed by atoms with Crippen molar-refractivity contribution in [3.63, 3.8) is 0 Å². The first-order chi connectivity index (χ1) is 8.81. The summed E-state index contributed by atoms with van der Waals surface area (Å²) in [6.07, 6.45) is 4.80. The first kappa shape index (κ1) is 10.3. The number of nitrogens with zero attached hydrogens (tertiary/aromatic N) is 5. The summed E-state index contributed by atoms with van der Waals surface area (Å²) in [5.41, 5.74) is 1.58. The second kappa shape index (κ2) is 3.65. The molecule has 2 fully saturated rings. The van der Waals surface area contributed by atoms with Crippen LogP contribution in [0.15, 0.2) is 12.7 Å². The van der Waals surface area contributed by atoms with E-state index in [0.717, 1.165) is 17.7 Å².